The second-order valence-corrected chi connectivity index (χ2v) is 7.13. The zero-order chi connectivity index (χ0) is 18.4. The number of hydrogen-bond donors (Lipinski definition) is 2. The molecule has 138 valence electrons. The van der Waals surface area contributed by atoms with E-state index in [9.17, 15) is 4.79 Å². The second-order valence-electron chi connectivity index (χ2n) is 6.72. The lowest BCUT2D eigenvalue weighted by molar-refractivity contribution is 0.232. The fraction of sp³-hybridized carbons (Fsp3) is 0.400. The molecule has 6 heteroatoms. The van der Waals surface area contributed by atoms with E-state index in [2.05, 4.69) is 22.5 Å². The maximum atomic E-state index is 12.2. The number of anilines is 1. The Morgan fingerprint density at radius 1 is 1.27 bits per heavy atom. The Labute approximate surface area is 159 Å². The van der Waals surface area contributed by atoms with Crippen molar-refractivity contribution in [1.82, 2.24) is 10.3 Å². The maximum absolute atomic E-state index is 12.2. The first-order valence-electron chi connectivity index (χ1n) is 9.01. The van der Waals surface area contributed by atoms with E-state index in [0.29, 0.717) is 29.0 Å². The van der Waals surface area contributed by atoms with Crippen LogP contribution in [0.5, 0.6) is 5.75 Å². The van der Waals surface area contributed by atoms with E-state index in [-0.39, 0.29) is 12.1 Å². The van der Waals surface area contributed by atoms with Gasteiger partial charge in [0.25, 0.3) is 0 Å². The molecule has 1 aromatic carbocycles. The van der Waals surface area contributed by atoms with Gasteiger partial charge in [-0.05, 0) is 49.1 Å². The number of benzene rings is 1. The molecule has 2 amide bonds. The van der Waals surface area contributed by atoms with Gasteiger partial charge in [0.1, 0.15) is 12.4 Å². The normalized spacial score (nSPS) is 19.6. The van der Waals surface area contributed by atoms with Crippen molar-refractivity contribution in [2.45, 2.75) is 45.3 Å². The molecule has 5 nitrogen and oxygen atoms in total. The summed E-state index contributed by atoms with van der Waals surface area (Å²) in [4.78, 5) is 16.4. The maximum Gasteiger partial charge on any atom is 0.319 e. The van der Waals surface area contributed by atoms with Crippen molar-refractivity contribution < 1.29 is 9.53 Å². The van der Waals surface area contributed by atoms with Gasteiger partial charge in [-0.15, -0.1) is 0 Å². The Hall–Kier alpha value is -2.27. The molecule has 2 unspecified atom stereocenters. The van der Waals surface area contributed by atoms with Gasteiger partial charge in [-0.3, -0.25) is 4.98 Å². The highest BCUT2D eigenvalue weighted by molar-refractivity contribution is 6.32. The molecule has 0 spiro atoms. The number of nitrogens with one attached hydrogen (secondary N) is 2. The van der Waals surface area contributed by atoms with Gasteiger partial charge < -0.3 is 15.4 Å². The summed E-state index contributed by atoms with van der Waals surface area (Å²) in [6, 6.07) is 10.9. The monoisotopic (exact) mass is 373 g/mol. The van der Waals surface area contributed by atoms with Gasteiger partial charge in [-0.2, -0.15) is 0 Å². The summed E-state index contributed by atoms with van der Waals surface area (Å²) in [5.41, 5.74) is 1.47. The fourth-order valence-electron chi connectivity index (χ4n) is 3.20. The van der Waals surface area contributed by atoms with E-state index >= 15 is 0 Å². The standard InChI is InChI=1S/C20H24ClN3O2/c1-14-6-2-3-8-18(14)24-20(25)23-15-9-10-19(17(21)12-15)26-13-16-7-4-5-11-22-16/h4-5,7,9-12,14,18H,2-3,6,8,13H2,1H3,(H2,23,24,25). The Balaban J connectivity index is 1.54. The lowest BCUT2D eigenvalue weighted by Gasteiger charge is -2.29. The topological polar surface area (TPSA) is 63.2 Å². The Bertz CT molecular complexity index is 739. The average Bonchev–Trinajstić information content (AvgIpc) is 2.64. The molecule has 1 fully saturated rings. The van der Waals surface area contributed by atoms with E-state index in [4.69, 9.17) is 16.3 Å². The molecule has 1 aromatic heterocycles. The first-order valence-corrected chi connectivity index (χ1v) is 9.39. The minimum atomic E-state index is -0.193. The van der Waals surface area contributed by atoms with Crippen LogP contribution in [-0.4, -0.2) is 17.1 Å². The molecule has 2 N–H and O–H groups in total. The van der Waals surface area contributed by atoms with E-state index in [1.807, 2.05) is 18.2 Å². The highest BCUT2D eigenvalue weighted by atomic mass is 35.5. The third-order valence-electron chi connectivity index (χ3n) is 4.72. The summed E-state index contributed by atoms with van der Waals surface area (Å²) >= 11 is 6.28. The number of aromatic nitrogens is 1. The summed E-state index contributed by atoms with van der Waals surface area (Å²) in [5, 5.41) is 6.36. The number of carbonyl (C=O) groups excluding carboxylic acids is 1. The lowest BCUT2D eigenvalue weighted by atomic mass is 9.86. The number of halogens is 1. The first-order chi connectivity index (χ1) is 12.6. The SMILES string of the molecule is CC1CCCCC1NC(=O)Nc1ccc(OCc2ccccn2)c(Cl)c1. The van der Waals surface area contributed by atoms with Gasteiger partial charge in [-0.25, -0.2) is 4.79 Å². The second kappa shape index (κ2) is 8.90. The largest absolute Gasteiger partial charge is 0.486 e. The van der Waals surface area contributed by atoms with Crippen LogP contribution >= 0.6 is 11.6 Å². The minimum Gasteiger partial charge on any atom is -0.486 e. The van der Waals surface area contributed by atoms with Crippen LogP contribution in [0, 0.1) is 5.92 Å². The van der Waals surface area contributed by atoms with Crippen molar-refractivity contribution >= 4 is 23.3 Å². The number of amides is 2. The van der Waals surface area contributed by atoms with Crippen molar-refractivity contribution in [2.75, 3.05) is 5.32 Å². The molecule has 0 radical (unpaired) electrons. The van der Waals surface area contributed by atoms with Crippen molar-refractivity contribution in [3.8, 4) is 5.75 Å². The molecule has 0 saturated heterocycles. The number of ether oxygens (including phenoxy) is 1. The summed E-state index contributed by atoms with van der Waals surface area (Å²) in [7, 11) is 0. The number of pyridine rings is 1. The molecular weight excluding hydrogens is 350 g/mol. The molecule has 3 rings (SSSR count). The fourth-order valence-corrected chi connectivity index (χ4v) is 3.43. The highest BCUT2D eigenvalue weighted by Crippen LogP contribution is 2.28. The van der Waals surface area contributed by atoms with E-state index in [1.165, 1.54) is 19.3 Å². The zero-order valence-electron chi connectivity index (χ0n) is 14.9. The van der Waals surface area contributed by atoms with Crippen molar-refractivity contribution in [1.29, 1.82) is 0 Å². The van der Waals surface area contributed by atoms with Crippen LogP contribution < -0.4 is 15.4 Å². The smallest absolute Gasteiger partial charge is 0.319 e. The zero-order valence-corrected chi connectivity index (χ0v) is 15.6. The van der Waals surface area contributed by atoms with Crippen LogP contribution in [-0.2, 0) is 6.61 Å². The average molecular weight is 374 g/mol. The van der Waals surface area contributed by atoms with Crippen LogP contribution in [0.4, 0.5) is 10.5 Å². The molecule has 0 bridgehead atoms. The Morgan fingerprint density at radius 2 is 2.12 bits per heavy atom. The van der Waals surface area contributed by atoms with Gasteiger partial charge >= 0.3 is 6.03 Å². The van der Waals surface area contributed by atoms with Crippen molar-refractivity contribution in [2.24, 2.45) is 5.92 Å². The van der Waals surface area contributed by atoms with E-state index < -0.39 is 0 Å². The number of rotatable bonds is 5. The van der Waals surface area contributed by atoms with E-state index in [1.54, 1.807) is 24.4 Å². The highest BCUT2D eigenvalue weighted by Gasteiger charge is 2.22. The molecule has 26 heavy (non-hydrogen) atoms. The summed E-state index contributed by atoms with van der Waals surface area (Å²) in [5.74, 6) is 1.07. The summed E-state index contributed by atoms with van der Waals surface area (Å²) in [6.07, 6.45) is 6.34. The van der Waals surface area contributed by atoms with Crippen LogP contribution in [0.25, 0.3) is 0 Å². The van der Waals surface area contributed by atoms with Crippen molar-refractivity contribution in [3.05, 3.63) is 53.3 Å². The molecule has 1 heterocycles. The predicted octanol–water partition coefficient (Wildman–Crippen LogP) is 5.01. The molecular formula is C20H24ClN3O2. The van der Waals surface area contributed by atoms with Crippen molar-refractivity contribution in [3.63, 3.8) is 0 Å². The molecule has 1 aliphatic rings. The van der Waals surface area contributed by atoms with Gasteiger partial charge in [0.2, 0.25) is 0 Å². The first kappa shape index (κ1) is 18.5. The van der Waals surface area contributed by atoms with Gasteiger partial charge in [-0.1, -0.05) is 37.4 Å². The Kier molecular flexibility index (Phi) is 6.34. The number of urea groups is 1. The van der Waals surface area contributed by atoms with Crippen LogP contribution in [0.15, 0.2) is 42.6 Å². The molecule has 0 aliphatic heterocycles. The molecule has 2 atom stereocenters. The van der Waals surface area contributed by atoms with Crippen LogP contribution in [0.2, 0.25) is 5.02 Å². The van der Waals surface area contributed by atoms with Crippen LogP contribution in [0.1, 0.15) is 38.3 Å². The summed E-state index contributed by atoms with van der Waals surface area (Å²) < 4.78 is 5.70. The van der Waals surface area contributed by atoms with E-state index in [0.717, 1.165) is 12.1 Å². The third kappa shape index (κ3) is 5.11. The lowest BCUT2D eigenvalue weighted by Crippen LogP contribution is -2.43. The number of hydrogen-bond acceptors (Lipinski definition) is 3. The van der Waals surface area contributed by atoms with Gasteiger partial charge in [0.05, 0.1) is 10.7 Å². The Morgan fingerprint density at radius 3 is 2.85 bits per heavy atom. The van der Waals surface area contributed by atoms with Gasteiger partial charge in [0, 0.05) is 17.9 Å². The minimum absolute atomic E-state index is 0.193. The predicted molar refractivity (Wildman–Crippen MR) is 104 cm³/mol. The van der Waals surface area contributed by atoms with Crippen LogP contribution in [0.3, 0.4) is 0 Å². The summed E-state index contributed by atoms with van der Waals surface area (Å²) in [6.45, 7) is 2.53. The number of carbonyl (C=O) groups is 1. The third-order valence-corrected chi connectivity index (χ3v) is 5.01. The number of nitrogens with zero attached hydrogens (tertiary/aromatic N) is 1. The quantitative estimate of drug-likeness (QED) is 0.773. The molecule has 1 saturated carbocycles. The molecule has 2 aromatic rings. The van der Waals surface area contributed by atoms with Gasteiger partial charge in [0.15, 0.2) is 0 Å². The molecule has 1 aliphatic carbocycles.